The Kier molecular flexibility index (Phi) is 5.73. The topological polar surface area (TPSA) is 42.3 Å². The van der Waals surface area contributed by atoms with Crippen LogP contribution in [-0.4, -0.2) is 33.3 Å². The lowest BCUT2D eigenvalue weighted by molar-refractivity contribution is 0.602. The average Bonchev–Trinajstić information content (AvgIpc) is 3.07. The van der Waals surface area contributed by atoms with Crippen molar-refractivity contribution in [2.45, 2.75) is 4.90 Å². The highest BCUT2D eigenvalue weighted by molar-refractivity contribution is 7.90. The molecule has 0 atom stereocenters. The SMILES string of the molecule is CN(C)c1ccc(-n2c(-c3ccc(S(C)(=O)=O)cc3)cc3ccccc32)cc1.Cl. The molecule has 0 saturated heterocycles. The predicted molar refractivity (Wildman–Crippen MR) is 123 cm³/mol. The Hall–Kier alpha value is -2.76. The Morgan fingerprint density at radius 1 is 0.828 bits per heavy atom. The minimum Gasteiger partial charge on any atom is -0.378 e. The Morgan fingerprint density at radius 2 is 1.45 bits per heavy atom. The molecule has 0 aliphatic heterocycles. The van der Waals surface area contributed by atoms with E-state index in [1.54, 1.807) is 12.1 Å². The molecule has 0 amide bonds. The minimum atomic E-state index is -3.21. The van der Waals surface area contributed by atoms with Gasteiger partial charge < -0.3 is 9.47 Å². The van der Waals surface area contributed by atoms with Crippen LogP contribution in [0.4, 0.5) is 5.69 Å². The fourth-order valence-electron chi connectivity index (χ4n) is 3.42. The average molecular weight is 427 g/mol. The van der Waals surface area contributed by atoms with Crippen molar-refractivity contribution in [1.82, 2.24) is 4.57 Å². The zero-order valence-corrected chi connectivity index (χ0v) is 18.2. The van der Waals surface area contributed by atoms with Gasteiger partial charge in [-0.05, 0) is 54.1 Å². The van der Waals surface area contributed by atoms with Crippen molar-refractivity contribution in [3.05, 3.63) is 78.9 Å². The van der Waals surface area contributed by atoms with Crippen molar-refractivity contribution >= 4 is 38.8 Å². The molecule has 0 fully saturated rings. The first-order valence-electron chi connectivity index (χ1n) is 9.03. The van der Waals surface area contributed by atoms with Crippen LogP contribution in [0.3, 0.4) is 0 Å². The molecular weight excluding hydrogens is 404 g/mol. The summed E-state index contributed by atoms with van der Waals surface area (Å²) in [6.07, 6.45) is 1.23. The molecule has 0 aliphatic rings. The van der Waals surface area contributed by atoms with E-state index in [2.05, 4.69) is 51.9 Å². The largest absolute Gasteiger partial charge is 0.378 e. The lowest BCUT2D eigenvalue weighted by atomic mass is 10.1. The molecule has 4 nitrogen and oxygen atoms in total. The lowest BCUT2D eigenvalue weighted by Crippen LogP contribution is -2.08. The number of para-hydroxylation sites is 1. The van der Waals surface area contributed by atoms with E-state index in [1.165, 1.54) is 6.26 Å². The van der Waals surface area contributed by atoms with Gasteiger partial charge in [-0.25, -0.2) is 8.42 Å². The van der Waals surface area contributed by atoms with Crippen LogP contribution in [0.2, 0.25) is 0 Å². The molecule has 0 radical (unpaired) electrons. The first kappa shape index (κ1) is 21.0. The van der Waals surface area contributed by atoms with Crippen LogP contribution in [0.1, 0.15) is 0 Å². The second kappa shape index (κ2) is 7.93. The van der Waals surface area contributed by atoms with Gasteiger partial charge in [0.2, 0.25) is 0 Å². The van der Waals surface area contributed by atoms with E-state index in [0.717, 1.165) is 33.5 Å². The Balaban J connectivity index is 0.00000240. The van der Waals surface area contributed by atoms with E-state index in [0.29, 0.717) is 4.90 Å². The van der Waals surface area contributed by atoms with Crippen molar-refractivity contribution in [3.8, 4) is 16.9 Å². The minimum absolute atomic E-state index is 0. The van der Waals surface area contributed by atoms with Crippen molar-refractivity contribution in [1.29, 1.82) is 0 Å². The molecular formula is C23H23ClN2O2S. The van der Waals surface area contributed by atoms with Gasteiger partial charge in [0.1, 0.15) is 0 Å². The number of fused-ring (bicyclic) bond motifs is 1. The number of benzene rings is 3. The third kappa shape index (κ3) is 4.02. The summed E-state index contributed by atoms with van der Waals surface area (Å²) in [5, 5.41) is 1.14. The summed E-state index contributed by atoms with van der Waals surface area (Å²) in [6.45, 7) is 0. The number of halogens is 1. The van der Waals surface area contributed by atoms with E-state index in [4.69, 9.17) is 0 Å². The quantitative estimate of drug-likeness (QED) is 0.451. The Labute approximate surface area is 177 Å². The summed E-state index contributed by atoms with van der Waals surface area (Å²) in [5.74, 6) is 0. The number of sulfone groups is 1. The van der Waals surface area contributed by atoms with Crippen LogP contribution < -0.4 is 4.90 Å². The molecule has 0 saturated carbocycles. The van der Waals surface area contributed by atoms with Gasteiger partial charge in [-0.15, -0.1) is 12.4 Å². The zero-order chi connectivity index (χ0) is 19.9. The summed E-state index contributed by atoms with van der Waals surface area (Å²) < 4.78 is 25.8. The monoisotopic (exact) mass is 426 g/mol. The molecule has 0 aliphatic carbocycles. The smallest absolute Gasteiger partial charge is 0.175 e. The maximum atomic E-state index is 11.8. The van der Waals surface area contributed by atoms with Crippen LogP contribution >= 0.6 is 12.4 Å². The summed E-state index contributed by atoms with van der Waals surface area (Å²) in [4.78, 5) is 2.40. The van der Waals surface area contributed by atoms with Crippen molar-refractivity contribution in [2.75, 3.05) is 25.3 Å². The van der Waals surface area contributed by atoms with Gasteiger partial charge in [-0.2, -0.15) is 0 Å². The molecule has 6 heteroatoms. The van der Waals surface area contributed by atoms with Gasteiger partial charge in [0.05, 0.1) is 16.1 Å². The molecule has 4 aromatic rings. The fourth-order valence-corrected chi connectivity index (χ4v) is 4.05. The van der Waals surface area contributed by atoms with E-state index in [-0.39, 0.29) is 12.4 Å². The van der Waals surface area contributed by atoms with E-state index < -0.39 is 9.84 Å². The maximum absolute atomic E-state index is 11.8. The highest BCUT2D eigenvalue weighted by Crippen LogP contribution is 2.32. The number of anilines is 1. The van der Waals surface area contributed by atoms with Gasteiger partial charge in [0.15, 0.2) is 9.84 Å². The molecule has 29 heavy (non-hydrogen) atoms. The van der Waals surface area contributed by atoms with Crippen LogP contribution in [0.15, 0.2) is 83.8 Å². The molecule has 0 bridgehead atoms. The van der Waals surface area contributed by atoms with Gasteiger partial charge in [-0.3, -0.25) is 0 Å². The molecule has 4 rings (SSSR count). The summed E-state index contributed by atoms with van der Waals surface area (Å²) in [6, 6.07) is 25.9. The molecule has 1 aromatic heterocycles. The van der Waals surface area contributed by atoms with Crippen LogP contribution in [0.5, 0.6) is 0 Å². The van der Waals surface area contributed by atoms with Gasteiger partial charge in [-0.1, -0.05) is 30.3 Å². The third-order valence-electron chi connectivity index (χ3n) is 4.91. The summed E-state index contributed by atoms with van der Waals surface area (Å²) >= 11 is 0. The molecule has 150 valence electrons. The van der Waals surface area contributed by atoms with Crippen molar-refractivity contribution in [3.63, 3.8) is 0 Å². The van der Waals surface area contributed by atoms with E-state index >= 15 is 0 Å². The number of aromatic nitrogens is 1. The Morgan fingerprint density at radius 3 is 2.03 bits per heavy atom. The third-order valence-corrected chi connectivity index (χ3v) is 6.04. The van der Waals surface area contributed by atoms with E-state index in [1.807, 2.05) is 38.4 Å². The fraction of sp³-hybridized carbons (Fsp3) is 0.130. The number of hydrogen-bond acceptors (Lipinski definition) is 3. The lowest BCUT2D eigenvalue weighted by Gasteiger charge is -2.15. The normalized spacial score (nSPS) is 11.3. The first-order chi connectivity index (χ1) is 13.3. The van der Waals surface area contributed by atoms with Crippen molar-refractivity contribution in [2.24, 2.45) is 0 Å². The summed E-state index contributed by atoms with van der Waals surface area (Å²) in [7, 11) is 0.832. The highest BCUT2D eigenvalue weighted by atomic mass is 35.5. The standard InChI is InChI=1S/C23H22N2O2S.ClH/c1-24(2)19-10-12-20(13-11-19)25-22-7-5-4-6-18(22)16-23(25)17-8-14-21(15-9-17)28(3,26)27;/h4-16H,1-3H3;1H. The predicted octanol–water partition coefficient (Wildman–Crippen LogP) is 5.19. The van der Waals surface area contributed by atoms with E-state index in [9.17, 15) is 8.42 Å². The van der Waals surface area contributed by atoms with Crippen molar-refractivity contribution < 1.29 is 8.42 Å². The number of nitrogens with zero attached hydrogens (tertiary/aromatic N) is 2. The molecule has 3 aromatic carbocycles. The van der Waals surface area contributed by atoms with Gasteiger partial charge >= 0.3 is 0 Å². The Bertz CT molecular complexity index is 1240. The second-order valence-electron chi connectivity index (χ2n) is 7.13. The first-order valence-corrected chi connectivity index (χ1v) is 10.9. The van der Waals surface area contributed by atoms with Gasteiger partial charge in [0, 0.05) is 37.1 Å². The molecule has 0 N–H and O–H groups in total. The summed E-state index contributed by atoms with van der Waals surface area (Å²) in [5.41, 5.74) is 5.31. The second-order valence-corrected chi connectivity index (χ2v) is 9.15. The van der Waals surface area contributed by atoms with Crippen LogP contribution in [-0.2, 0) is 9.84 Å². The van der Waals surface area contributed by atoms with Gasteiger partial charge in [0.25, 0.3) is 0 Å². The number of hydrogen-bond donors (Lipinski definition) is 0. The zero-order valence-electron chi connectivity index (χ0n) is 16.5. The number of rotatable bonds is 4. The molecule has 1 heterocycles. The van der Waals surface area contributed by atoms with Crippen LogP contribution in [0.25, 0.3) is 27.8 Å². The molecule has 0 unspecified atom stereocenters. The maximum Gasteiger partial charge on any atom is 0.175 e. The molecule has 0 spiro atoms. The van der Waals surface area contributed by atoms with Crippen LogP contribution in [0, 0.1) is 0 Å². The highest BCUT2D eigenvalue weighted by Gasteiger charge is 2.14.